The molecule has 6 nitrogen and oxygen atoms in total. The number of aliphatic hydroxyl groups is 1. The van der Waals surface area contributed by atoms with E-state index in [1.54, 1.807) is 18.2 Å². The lowest BCUT2D eigenvalue weighted by molar-refractivity contribution is -0.130. The van der Waals surface area contributed by atoms with E-state index < -0.39 is 23.5 Å². The van der Waals surface area contributed by atoms with E-state index in [0.29, 0.717) is 17.9 Å². The van der Waals surface area contributed by atoms with Crippen LogP contribution in [0.1, 0.15) is 49.1 Å². The maximum atomic E-state index is 13.2. The number of hydrogen-bond acceptors (Lipinski definition) is 5. The molecule has 0 radical (unpaired) electrons. The molecule has 0 aliphatic carbocycles. The highest BCUT2D eigenvalue weighted by atomic mass is 16.5. The van der Waals surface area contributed by atoms with E-state index in [1.165, 1.54) is 17.2 Å². The lowest BCUT2D eigenvalue weighted by atomic mass is 9.95. The Kier molecular flexibility index (Phi) is 7.83. The van der Waals surface area contributed by atoms with Crippen molar-refractivity contribution in [2.45, 2.75) is 38.8 Å². The topological polar surface area (TPSA) is 80.0 Å². The number of nitrogens with zero attached hydrogens (tertiary/aromatic N) is 1. The maximum absolute atomic E-state index is 13.2. The van der Waals surface area contributed by atoms with E-state index in [2.05, 4.69) is 6.92 Å². The Morgan fingerprint density at radius 1 is 1.06 bits per heavy atom. The van der Waals surface area contributed by atoms with Gasteiger partial charge in [0.2, 0.25) is 0 Å². The Balaban J connectivity index is 1.62. The van der Waals surface area contributed by atoms with Crippen molar-refractivity contribution in [3.8, 4) is 5.75 Å². The lowest BCUT2D eigenvalue weighted by Gasteiger charge is -2.26. The summed E-state index contributed by atoms with van der Waals surface area (Å²) >= 11 is 0. The highest BCUT2D eigenvalue weighted by Crippen LogP contribution is 2.39. The summed E-state index contributed by atoms with van der Waals surface area (Å²) in [5.41, 5.74) is 1.59. The zero-order chi connectivity index (χ0) is 24.6. The van der Waals surface area contributed by atoms with Gasteiger partial charge in [0.05, 0.1) is 31.0 Å². The number of furan rings is 1. The zero-order valence-corrected chi connectivity index (χ0v) is 19.7. The Bertz CT molecular complexity index is 1190. The van der Waals surface area contributed by atoms with Gasteiger partial charge in [-0.2, -0.15) is 0 Å². The third-order valence-corrected chi connectivity index (χ3v) is 5.91. The molecule has 1 aromatic heterocycles. The molecule has 4 rings (SSSR count). The zero-order valence-electron chi connectivity index (χ0n) is 19.7. The molecule has 2 heterocycles. The summed E-state index contributed by atoms with van der Waals surface area (Å²) in [6, 6.07) is 19.4. The Morgan fingerprint density at radius 3 is 2.51 bits per heavy atom. The molecule has 3 aromatic rings. The summed E-state index contributed by atoms with van der Waals surface area (Å²) in [5.74, 6) is -0.296. The molecule has 1 N–H and O–H groups in total. The molecule has 2 aromatic carbocycles. The number of amides is 1. The number of aliphatic hydroxyl groups excluding tert-OH is 1. The van der Waals surface area contributed by atoms with Crippen LogP contribution in [-0.2, 0) is 16.1 Å². The summed E-state index contributed by atoms with van der Waals surface area (Å²) in [4.78, 5) is 27.7. The van der Waals surface area contributed by atoms with Gasteiger partial charge in [-0.1, -0.05) is 68.3 Å². The summed E-state index contributed by atoms with van der Waals surface area (Å²) in [6.07, 6.45) is 7.80. The highest BCUT2D eigenvalue weighted by Gasteiger charge is 2.43. The maximum Gasteiger partial charge on any atom is 0.290 e. The van der Waals surface area contributed by atoms with E-state index in [1.807, 2.05) is 54.6 Å². The van der Waals surface area contributed by atoms with Crippen molar-refractivity contribution in [3.05, 3.63) is 107 Å². The van der Waals surface area contributed by atoms with Crippen molar-refractivity contribution in [2.75, 3.05) is 6.61 Å². The number of carbonyl (C=O) groups excluding carboxylic acids is 2. The van der Waals surface area contributed by atoms with E-state index in [9.17, 15) is 14.7 Å². The quantitative estimate of drug-likeness (QED) is 0.273. The first-order valence-electron chi connectivity index (χ1n) is 11.8. The average Bonchev–Trinajstić information content (AvgIpc) is 3.49. The smallest absolute Gasteiger partial charge is 0.290 e. The van der Waals surface area contributed by atoms with Gasteiger partial charge in [-0.05, 0) is 47.9 Å². The fourth-order valence-electron chi connectivity index (χ4n) is 4.10. The molecular weight excluding hydrogens is 442 g/mol. The molecule has 0 fully saturated rings. The number of benzene rings is 2. The number of rotatable bonds is 11. The Hall–Kier alpha value is -4.06. The summed E-state index contributed by atoms with van der Waals surface area (Å²) < 4.78 is 11.2. The molecule has 0 bridgehead atoms. The van der Waals surface area contributed by atoms with Crippen LogP contribution in [0.15, 0.2) is 94.8 Å². The van der Waals surface area contributed by atoms with Gasteiger partial charge in [-0.3, -0.25) is 9.59 Å². The predicted octanol–water partition coefficient (Wildman–Crippen LogP) is 6.03. The van der Waals surface area contributed by atoms with Gasteiger partial charge in [0.25, 0.3) is 5.91 Å². The molecule has 1 aliphatic heterocycles. The second kappa shape index (κ2) is 11.4. The molecule has 1 unspecified atom stereocenters. The van der Waals surface area contributed by atoms with Crippen molar-refractivity contribution in [2.24, 2.45) is 0 Å². The lowest BCUT2D eigenvalue weighted by Crippen LogP contribution is -2.30. The predicted molar refractivity (Wildman–Crippen MR) is 134 cm³/mol. The number of ether oxygens (including phenoxy) is 1. The van der Waals surface area contributed by atoms with Crippen LogP contribution in [0.3, 0.4) is 0 Å². The van der Waals surface area contributed by atoms with Crippen molar-refractivity contribution in [1.29, 1.82) is 0 Å². The number of unbranched alkanes of at least 4 members (excludes halogenated alkanes) is 2. The van der Waals surface area contributed by atoms with Crippen LogP contribution in [-0.4, -0.2) is 28.3 Å². The molecule has 180 valence electrons. The summed E-state index contributed by atoms with van der Waals surface area (Å²) in [7, 11) is 0. The molecule has 0 spiro atoms. The molecular formula is C29H29NO5. The van der Waals surface area contributed by atoms with Gasteiger partial charge in [0.1, 0.15) is 11.5 Å². The van der Waals surface area contributed by atoms with Crippen molar-refractivity contribution >= 4 is 17.8 Å². The van der Waals surface area contributed by atoms with Crippen molar-refractivity contribution in [1.82, 2.24) is 4.90 Å². The van der Waals surface area contributed by atoms with Crippen molar-refractivity contribution < 1.29 is 23.8 Å². The largest absolute Gasteiger partial charge is 0.503 e. The fourth-order valence-corrected chi connectivity index (χ4v) is 4.10. The normalized spacial score (nSPS) is 15.9. The number of ketones is 1. The first-order valence-corrected chi connectivity index (χ1v) is 11.8. The van der Waals surface area contributed by atoms with Crippen molar-refractivity contribution in [3.63, 3.8) is 0 Å². The number of hydrogen-bond donors (Lipinski definition) is 1. The van der Waals surface area contributed by atoms with Gasteiger partial charge in [-0.25, -0.2) is 0 Å². The molecule has 1 amide bonds. The molecule has 35 heavy (non-hydrogen) atoms. The SMILES string of the molecule is CCCCCOc1ccc(C2C(C(=O)C=Cc3ccccc3)=C(O)C(=O)N2Cc2ccco2)cc1. The van der Waals surface area contributed by atoms with Crippen LogP contribution in [0.4, 0.5) is 0 Å². The van der Waals surface area contributed by atoms with Crippen LogP contribution >= 0.6 is 0 Å². The van der Waals surface area contributed by atoms with Crippen LogP contribution in [0.25, 0.3) is 6.08 Å². The van der Waals surface area contributed by atoms with E-state index in [-0.39, 0.29) is 12.1 Å². The van der Waals surface area contributed by atoms with Crippen LogP contribution < -0.4 is 4.74 Å². The molecule has 1 aliphatic rings. The van der Waals surface area contributed by atoms with Gasteiger partial charge >= 0.3 is 0 Å². The Labute approximate surface area is 205 Å². The van der Waals surface area contributed by atoms with E-state index in [0.717, 1.165) is 30.6 Å². The van der Waals surface area contributed by atoms with Gasteiger partial charge in [-0.15, -0.1) is 0 Å². The third-order valence-electron chi connectivity index (χ3n) is 5.91. The molecule has 6 heteroatoms. The highest BCUT2D eigenvalue weighted by molar-refractivity contribution is 6.14. The first kappa shape index (κ1) is 24.1. The minimum Gasteiger partial charge on any atom is -0.503 e. The Morgan fingerprint density at radius 2 is 1.83 bits per heavy atom. The monoisotopic (exact) mass is 471 g/mol. The van der Waals surface area contributed by atoms with Gasteiger partial charge in [0, 0.05) is 0 Å². The van der Waals surface area contributed by atoms with Gasteiger partial charge in [0.15, 0.2) is 11.5 Å². The number of allylic oxidation sites excluding steroid dienone is 1. The average molecular weight is 472 g/mol. The van der Waals surface area contributed by atoms with E-state index in [4.69, 9.17) is 9.15 Å². The minimum atomic E-state index is -0.755. The second-order valence-electron chi connectivity index (χ2n) is 8.41. The van der Waals surface area contributed by atoms with E-state index >= 15 is 0 Å². The molecule has 0 saturated heterocycles. The number of carbonyl (C=O) groups is 2. The molecule has 1 atom stereocenters. The van der Waals surface area contributed by atoms with Crippen LogP contribution in [0.5, 0.6) is 5.75 Å². The standard InChI is InChI=1S/C29H29NO5/c1-2-3-7-18-34-23-15-13-22(14-16-23)27-26(25(31)17-12-21-9-5-4-6-10-21)28(32)29(33)30(27)20-24-11-8-19-35-24/h4-6,8-17,19,27,32H,2-3,7,18,20H2,1H3. The summed E-state index contributed by atoms with van der Waals surface area (Å²) in [5, 5.41) is 10.8. The van der Waals surface area contributed by atoms with Gasteiger partial charge < -0.3 is 19.2 Å². The minimum absolute atomic E-state index is 0.0466. The fraction of sp³-hybridized carbons (Fsp3) is 0.241. The van der Waals surface area contributed by atoms with Crippen LogP contribution in [0.2, 0.25) is 0 Å². The summed E-state index contributed by atoms with van der Waals surface area (Å²) in [6.45, 7) is 2.90. The van der Waals surface area contributed by atoms with Crippen LogP contribution in [0, 0.1) is 0 Å². The second-order valence-corrected chi connectivity index (χ2v) is 8.41. The first-order chi connectivity index (χ1) is 17.1. The molecule has 0 saturated carbocycles. The third kappa shape index (κ3) is 5.72.